The minimum Gasteiger partial charge on any atom is -0.481 e. The van der Waals surface area contributed by atoms with Crippen molar-refractivity contribution in [3.05, 3.63) is 64.7 Å². The number of halogens is 1. The van der Waals surface area contributed by atoms with Crippen LogP contribution in [-0.4, -0.2) is 59.0 Å². The smallest absolute Gasteiger partial charge is 0.303 e. The Morgan fingerprint density at radius 1 is 1.09 bits per heavy atom. The first-order valence-electron chi connectivity index (χ1n) is 11.0. The summed E-state index contributed by atoms with van der Waals surface area (Å²) in [5.41, 5.74) is 8.34. The Bertz CT molecular complexity index is 1210. The van der Waals surface area contributed by atoms with Crippen molar-refractivity contribution >= 4 is 40.3 Å². The van der Waals surface area contributed by atoms with Gasteiger partial charge in [-0.2, -0.15) is 0 Å². The molecule has 1 aliphatic rings. The number of aliphatic carboxylic acids is 1. The summed E-state index contributed by atoms with van der Waals surface area (Å²) in [6.45, 7) is 4.80. The van der Waals surface area contributed by atoms with Gasteiger partial charge in [0.25, 0.3) is 5.91 Å². The van der Waals surface area contributed by atoms with E-state index in [0.717, 1.165) is 30.5 Å². The van der Waals surface area contributed by atoms with E-state index in [2.05, 4.69) is 10.3 Å². The van der Waals surface area contributed by atoms with E-state index in [9.17, 15) is 14.4 Å². The summed E-state index contributed by atoms with van der Waals surface area (Å²) in [5, 5.41) is 12.5. The second kappa shape index (κ2) is 11.6. The van der Waals surface area contributed by atoms with Crippen LogP contribution in [0.5, 0.6) is 0 Å². The zero-order valence-corrected chi connectivity index (χ0v) is 19.6. The van der Waals surface area contributed by atoms with Crippen LogP contribution < -0.4 is 11.1 Å². The van der Waals surface area contributed by atoms with Crippen LogP contribution in [0, 0.1) is 0 Å². The average molecular weight is 483 g/mol. The summed E-state index contributed by atoms with van der Waals surface area (Å²) in [5.74, 6) is -1.22. The van der Waals surface area contributed by atoms with E-state index in [1.165, 1.54) is 0 Å². The molecule has 2 heterocycles. The van der Waals surface area contributed by atoms with Crippen molar-refractivity contribution in [2.24, 2.45) is 5.73 Å². The summed E-state index contributed by atoms with van der Waals surface area (Å²) in [6, 6.07) is 14.1. The van der Waals surface area contributed by atoms with E-state index in [1.54, 1.807) is 36.4 Å². The number of nitrogens with two attached hydrogens (primary N) is 1. The van der Waals surface area contributed by atoms with Crippen molar-refractivity contribution < 1.29 is 19.5 Å². The van der Waals surface area contributed by atoms with Crippen molar-refractivity contribution in [2.75, 3.05) is 26.2 Å². The standard InChI is InChI=1S/C21H19ClN4O2.C4H8O2/c22-17-12-18(13-2-1-3-14(10-13)20(23)27)25-19-11-15(4-5-16(17)19)21(28)26-8-6-24-7-9-26;1-2-3-4(5)6/h1-5,10-12,24H,6-9H2,(H2,23,27);2-3H2,1H3,(H,5,6). The maximum atomic E-state index is 12.8. The largest absolute Gasteiger partial charge is 0.481 e. The molecule has 178 valence electrons. The highest BCUT2D eigenvalue weighted by Crippen LogP contribution is 2.29. The number of hydrogen-bond acceptors (Lipinski definition) is 5. The van der Waals surface area contributed by atoms with Gasteiger partial charge in [-0.25, -0.2) is 4.98 Å². The van der Waals surface area contributed by atoms with Gasteiger partial charge in [0.05, 0.1) is 16.2 Å². The lowest BCUT2D eigenvalue weighted by atomic mass is 10.0. The first-order valence-corrected chi connectivity index (χ1v) is 11.4. The lowest BCUT2D eigenvalue weighted by Crippen LogP contribution is -2.46. The number of rotatable bonds is 5. The predicted molar refractivity (Wildman–Crippen MR) is 132 cm³/mol. The van der Waals surface area contributed by atoms with Crippen LogP contribution in [0.1, 0.15) is 40.5 Å². The molecule has 0 saturated carbocycles. The van der Waals surface area contributed by atoms with Gasteiger partial charge in [0, 0.05) is 54.7 Å². The molecule has 1 aromatic heterocycles. The molecular weight excluding hydrogens is 456 g/mol. The Kier molecular flexibility index (Phi) is 8.56. The number of hydrogen-bond donors (Lipinski definition) is 3. The molecule has 1 aliphatic heterocycles. The van der Waals surface area contributed by atoms with Gasteiger partial charge < -0.3 is 21.1 Å². The van der Waals surface area contributed by atoms with Gasteiger partial charge in [0.1, 0.15) is 0 Å². The second-order valence-corrected chi connectivity index (χ2v) is 8.26. The third-order valence-corrected chi connectivity index (χ3v) is 5.63. The highest BCUT2D eigenvalue weighted by molar-refractivity contribution is 6.35. The maximum Gasteiger partial charge on any atom is 0.303 e. The van der Waals surface area contributed by atoms with Crippen molar-refractivity contribution in [1.82, 2.24) is 15.2 Å². The van der Waals surface area contributed by atoms with Gasteiger partial charge in [-0.05, 0) is 36.8 Å². The molecule has 9 heteroatoms. The fourth-order valence-corrected chi connectivity index (χ4v) is 3.83. The van der Waals surface area contributed by atoms with Gasteiger partial charge >= 0.3 is 5.97 Å². The van der Waals surface area contributed by atoms with Gasteiger partial charge in [0.15, 0.2) is 0 Å². The zero-order valence-electron chi connectivity index (χ0n) is 18.9. The fraction of sp³-hybridized carbons (Fsp3) is 0.280. The van der Waals surface area contributed by atoms with E-state index >= 15 is 0 Å². The van der Waals surface area contributed by atoms with Gasteiger partial charge in [-0.1, -0.05) is 36.7 Å². The molecule has 8 nitrogen and oxygen atoms in total. The van der Waals surface area contributed by atoms with E-state index < -0.39 is 11.9 Å². The van der Waals surface area contributed by atoms with Crippen LogP contribution >= 0.6 is 11.6 Å². The summed E-state index contributed by atoms with van der Waals surface area (Å²) in [6.07, 6.45) is 1.02. The molecule has 0 radical (unpaired) electrons. The number of piperazine rings is 1. The Morgan fingerprint density at radius 3 is 2.44 bits per heavy atom. The molecule has 3 aromatic rings. The van der Waals surface area contributed by atoms with Crippen molar-refractivity contribution in [3.63, 3.8) is 0 Å². The number of benzene rings is 2. The summed E-state index contributed by atoms with van der Waals surface area (Å²) in [7, 11) is 0. The van der Waals surface area contributed by atoms with Crippen LogP contribution in [0.25, 0.3) is 22.2 Å². The molecule has 0 atom stereocenters. The zero-order chi connectivity index (χ0) is 24.7. The number of carboxylic acid groups (broad SMARTS) is 1. The Morgan fingerprint density at radius 2 is 1.82 bits per heavy atom. The highest BCUT2D eigenvalue weighted by atomic mass is 35.5. The third kappa shape index (κ3) is 6.30. The van der Waals surface area contributed by atoms with Gasteiger partial charge in [0.2, 0.25) is 5.91 Å². The normalized spacial score (nSPS) is 13.2. The summed E-state index contributed by atoms with van der Waals surface area (Å²) in [4.78, 5) is 40.4. The summed E-state index contributed by atoms with van der Waals surface area (Å²) < 4.78 is 0. The fourth-order valence-electron chi connectivity index (χ4n) is 3.56. The maximum absolute atomic E-state index is 12.8. The predicted octanol–water partition coefficient (Wildman–Crippen LogP) is 3.57. The summed E-state index contributed by atoms with van der Waals surface area (Å²) >= 11 is 6.46. The van der Waals surface area contributed by atoms with Crippen molar-refractivity contribution in [2.45, 2.75) is 19.8 Å². The molecule has 4 N–H and O–H groups in total. The average Bonchev–Trinajstić information content (AvgIpc) is 2.84. The number of primary amides is 1. The van der Waals surface area contributed by atoms with E-state index in [-0.39, 0.29) is 5.91 Å². The minimum absolute atomic E-state index is 0.0116. The molecule has 0 unspecified atom stereocenters. The third-order valence-electron chi connectivity index (χ3n) is 5.32. The lowest BCUT2D eigenvalue weighted by molar-refractivity contribution is -0.137. The number of fused-ring (bicyclic) bond motifs is 1. The molecule has 1 saturated heterocycles. The Hall–Kier alpha value is -3.49. The minimum atomic E-state index is -0.711. The van der Waals surface area contributed by atoms with Crippen LogP contribution in [-0.2, 0) is 4.79 Å². The molecule has 2 aromatic carbocycles. The number of carboxylic acids is 1. The molecular formula is C25H27ClN4O4. The monoisotopic (exact) mass is 482 g/mol. The number of amides is 2. The number of aromatic nitrogens is 1. The van der Waals surface area contributed by atoms with Crippen molar-refractivity contribution in [3.8, 4) is 11.3 Å². The number of pyridine rings is 1. The molecule has 0 spiro atoms. The van der Waals surface area contributed by atoms with Gasteiger partial charge in [-0.3, -0.25) is 14.4 Å². The van der Waals surface area contributed by atoms with E-state index in [0.29, 0.717) is 46.9 Å². The van der Waals surface area contributed by atoms with E-state index in [1.807, 2.05) is 24.0 Å². The molecule has 0 aliphatic carbocycles. The second-order valence-electron chi connectivity index (χ2n) is 7.85. The number of nitrogens with one attached hydrogen (secondary N) is 1. The Balaban J connectivity index is 0.000000481. The number of carbonyl (C=O) groups excluding carboxylic acids is 2. The topological polar surface area (TPSA) is 126 Å². The molecule has 1 fully saturated rings. The molecule has 0 bridgehead atoms. The number of carbonyl (C=O) groups is 3. The van der Waals surface area contributed by atoms with Crippen LogP contribution in [0.15, 0.2) is 48.5 Å². The molecule has 34 heavy (non-hydrogen) atoms. The van der Waals surface area contributed by atoms with Crippen molar-refractivity contribution in [1.29, 1.82) is 0 Å². The SMILES string of the molecule is CCCC(=O)O.NC(=O)c1cccc(-c2cc(Cl)c3ccc(C(=O)N4CCNCC4)cc3n2)c1. The van der Waals surface area contributed by atoms with Crippen LogP contribution in [0.3, 0.4) is 0 Å². The quantitative estimate of drug-likeness (QED) is 0.510. The first-order chi connectivity index (χ1) is 16.3. The molecule has 2 amide bonds. The van der Waals surface area contributed by atoms with Crippen LogP contribution in [0.4, 0.5) is 0 Å². The van der Waals surface area contributed by atoms with E-state index in [4.69, 9.17) is 22.4 Å². The first kappa shape index (κ1) is 25.1. The van der Waals surface area contributed by atoms with Crippen LogP contribution in [0.2, 0.25) is 5.02 Å². The molecule has 4 rings (SSSR count). The Labute approximate surface area is 202 Å². The highest BCUT2D eigenvalue weighted by Gasteiger charge is 2.19. The van der Waals surface area contributed by atoms with Gasteiger partial charge in [-0.15, -0.1) is 0 Å². The number of nitrogens with zero attached hydrogens (tertiary/aromatic N) is 2. The lowest BCUT2D eigenvalue weighted by Gasteiger charge is -2.27.